The van der Waals surface area contributed by atoms with Crippen LogP contribution >= 0.6 is 27.5 Å². The van der Waals surface area contributed by atoms with Crippen LogP contribution in [0.5, 0.6) is 0 Å². The molecular formula is C12H17BrClN. The third-order valence-electron chi connectivity index (χ3n) is 2.44. The largest absolute Gasteiger partial charge is 0.381 e. The van der Waals surface area contributed by atoms with Crippen LogP contribution < -0.4 is 5.32 Å². The van der Waals surface area contributed by atoms with Gasteiger partial charge in [-0.15, -0.1) is 0 Å². The van der Waals surface area contributed by atoms with Crippen LogP contribution in [0.3, 0.4) is 0 Å². The van der Waals surface area contributed by atoms with Crippen molar-refractivity contribution in [1.29, 1.82) is 0 Å². The summed E-state index contributed by atoms with van der Waals surface area (Å²) in [6, 6.07) is 6.43. The Morgan fingerprint density at radius 3 is 2.73 bits per heavy atom. The van der Waals surface area contributed by atoms with Crippen molar-refractivity contribution < 1.29 is 0 Å². The Hall–Kier alpha value is -0.210. The summed E-state index contributed by atoms with van der Waals surface area (Å²) in [6.45, 7) is 4.41. The van der Waals surface area contributed by atoms with Crippen molar-refractivity contribution in [2.45, 2.75) is 39.2 Å². The molecule has 1 rings (SSSR count). The molecule has 0 aliphatic heterocycles. The highest BCUT2D eigenvalue weighted by molar-refractivity contribution is 9.10. The van der Waals surface area contributed by atoms with Gasteiger partial charge >= 0.3 is 0 Å². The predicted octanol–water partition coefficient (Wildman–Crippen LogP) is 5.09. The first-order valence-corrected chi connectivity index (χ1v) is 6.56. The number of hydrogen-bond acceptors (Lipinski definition) is 1. The fourth-order valence-corrected chi connectivity index (χ4v) is 2.12. The zero-order chi connectivity index (χ0) is 11.3. The van der Waals surface area contributed by atoms with Crippen molar-refractivity contribution in [2.24, 2.45) is 0 Å². The van der Waals surface area contributed by atoms with E-state index in [0.717, 1.165) is 21.6 Å². The van der Waals surface area contributed by atoms with Crippen molar-refractivity contribution in [1.82, 2.24) is 0 Å². The summed E-state index contributed by atoms with van der Waals surface area (Å²) in [6.07, 6.45) is 3.52. The van der Waals surface area contributed by atoms with E-state index in [0.29, 0.717) is 6.04 Å². The van der Waals surface area contributed by atoms with Gasteiger partial charge in [0.05, 0.1) is 15.2 Å². The van der Waals surface area contributed by atoms with Gasteiger partial charge in [0.2, 0.25) is 0 Å². The maximum Gasteiger partial charge on any atom is 0.0593 e. The van der Waals surface area contributed by atoms with Gasteiger partial charge in [-0.2, -0.15) is 0 Å². The van der Waals surface area contributed by atoms with Crippen molar-refractivity contribution in [3.05, 3.63) is 27.7 Å². The zero-order valence-corrected chi connectivity index (χ0v) is 11.5. The SMILES string of the molecule is CCCC(CC)Nc1cccc(Cl)c1Br. The fourth-order valence-electron chi connectivity index (χ4n) is 1.56. The van der Waals surface area contributed by atoms with Gasteiger partial charge in [-0.3, -0.25) is 0 Å². The molecule has 1 unspecified atom stereocenters. The van der Waals surface area contributed by atoms with E-state index in [4.69, 9.17) is 11.6 Å². The van der Waals surface area contributed by atoms with E-state index >= 15 is 0 Å². The van der Waals surface area contributed by atoms with E-state index in [1.54, 1.807) is 0 Å². The lowest BCUT2D eigenvalue weighted by atomic mass is 10.1. The highest BCUT2D eigenvalue weighted by Gasteiger charge is 2.08. The number of hydrogen-bond donors (Lipinski definition) is 1. The minimum atomic E-state index is 0.532. The van der Waals surface area contributed by atoms with Crippen LogP contribution in [0.25, 0.3) is 0 Å². The monoisotopic (exact) mass is 289 g/mol. The number of rotatable bonds is 5. The Kier molecular flexibility index (Phi) is 5.48. The second-order valence-corrected chi connectivity index (χ2v) is 4.84. The van der Waals surface area contributed by atoms with E-state index in [-0.39, 0.29) is 0 Å². The Balaban J connectivity index is 2.74. The van der Waals surface area contributed by atoms with E-state index in [9.17, 15) is 0 Å². The highest BCUT2D eigenvalue weighted by atomic mass is 79.9. The average Bonchev–Trinajstić information content (AvgIpc) is 2.24. The van der Waals surface area contributed by atoms with E-state index < -0.39 is 0 Å². The van der Waals surface area contributed by atoms with Gasteiger partial charge in [-0.05, 0) is 40.9 Å². The number of halogens is 2. The molecule has 1 atom stereocenters. The van der Waals surface area contributed by atoms with E-state index in [1.807, 2.05) is 18.2 Å². The van der Waals surface area contributed by atoms with Gasteiger partial charge < -0.3 is 5.32 Å². The van der Waals surface area contributed by atoms with Gasteiger partial charge in [-0.1, -0.05) is 37.9 Å². The minimum absolute atomic E-state index is 0.532. The lowest BCUT2D eigenvalue weighted by Gasteiger charge is -2.18. The molecule has 0 heterocycles. The van der Waals surface area contributed by atoms with Crippen molar-refractivity contribution >= 4 is 33.2 Å². The number of nitrogens with one attached hydrogen (secondary N) is 1. The highest BCUT2D eigenvalue weighted by Crippen LogP contribution is 2.31. The quantitative estimate of drug-likeness (QED) is 0.796. The van der Waals surface area contributed by atoms with Crippen molar-refractivity contribution in [2.75, 3.05) is 5.32 Å². The molecule has 0 fully saturated rings. The molecule has 0 saturated heterocycles. The first-order valence-electron chi connectivity index (χ1n) is 5.39. The van der Waals surface area contributed by atoms with Crippen LogP contribution in [0.15, 0.2) is 22.7 Å². The molecule has 1 N–H and O–H groups in total. The summed E-state index contributed by atoms with van der Waals surface area (Å²) in [5, 5.41) is 4.26. The third-order valence-corrected chi connectivity index (χ3v) is 3.84. The smallest absolute Gasteiger partial charge is 0.0593 e. The van der Waals surface area contributed by atoms with E-state index in [2.05, 4.69) is 35.1 Å². The summed E-state index contributed by atoms with van der Waals surface area (Å²) in [5.41, 5.74) is 1.09. The topological polar surface area (TPSA) is 12.0 Å². The standard InChI is InChI=1S/C12H17BrClN/c1-3-6-9(4-2)15-11-8-5-7-10(14)12(11)13/h5,7-9,15H,3-4,6H2,1-2H3. The molecule has 84 valence electrons. The van der Waals surface area contributed by atoms with Crippen LogP contribution in [0.2, 0.25) is 5.02 Å². The molecule has 0 spiro atoms. The zero-order valence-electron chi connectivity index (χ0n) is 9.19. The van der Waals surface area contributed by atoms with Gasteiger partial charge in [0, 0.05) is 6.04 Å². The first-order chi connectivity index (χ1) is 7.19. The normalized spacial score (nSPS) is 12.5. The minimum Gasteiger partial charge on any atom is -0.381 e. The van der Waals surface area contributed by atoms with Crippen molar-refractivity contribution in [3.63, 3.8) is 0 Å². The molecule has 0 aliphatic carbocycles. The van der Waals surface area contributed by atoms with Gasteiger partial charge in [0.25, 0.3) is 0 Å². The Morgan fingerprint density at radius 2 is 2.13 bits per heavy atom. The number of benzene rings is 1. The molecule has 0 aromatic heterocycles. The summed E-state index contributed by atoms with van der Waals surface area (Å²) in [4.78, 5) is 0. The van der Waals surface area contributed by atoms with E-state index in [1.165, 1.54) is 12.8 Å². The molecule has 0 aliphatic rings. The Labute approximate surface area is 105 Å². The summed E-state index contributed by atoms with van der Waals surface area (Å²) < 4.78 is 0.959. The lowest BCUT2D eigenvalue weighted by Crippen LogP contribution is -2.18. The lowest BCUT2D eigenvalue weighted by molar-refractivity contribution is 0.622. The second kappa shape index (κ2) is 6.39. The van der Waals surface area contributed by atoms with Gasteiger partial charge in [-0.25, -0.2) is 0 Å². The van der Waals surface area contributed by atoms with Crippen LogP contribution in [0.4, 0.5) is 5.69 Å². The van der Waals surface area contributed by atoms with Gasteiger partial charge in [0.1, 0.15) is 0 Å². The third kappa shape index (κ3) is 3.69. The predicted molar refractivity (Wildman–Crippen MR) is 71.8 cm³/mol. The summed E-state index contributed by atoms with van der Waals surface area (Å²) >= 11 is 9.53. The van der Waals surface area contributed by atoms with Crippen LogP contribution in [0.1, 0.15) is 33.1 Å². The van der Waals surface area contributed by atoms with Crippen LogP contribution in [0, 0.1) is 0 Å². The van der Waals surface area contributed by atoms with Gasteiger partial charge in [0.15, 0.2) is 0 Å². The Morgan fingerprint density at radius 1 is 1.40 bits per heavy atom. The molecule has 15 heavy (non-hydrogen) atoms. The Bertz CT molecular complexity index is 314. The van der Waals surface area contributed by atoms with Crippen LogP contribution in [-0.4, -0.2) is 6.04 Å². The first kappa shape index (κ1) is 12.9. The fraction of sp³-hybridized carbons (Fsp3) is 0.500. The molecular weight excluding hydrogens is 273 g/mol. The molecule has 0 amide bonds. The molecule has 0 saturated carbocycles. The molecule has 1 aromatic rings. The molecule has 1 nitrogen and oxygen atoms in total. The second-order valence-electron chi connectivity index (χ2n) is 3.64. The molecule has 1 aromatic carbocycles. The summed E-state index contributed by atoms with van der Waals surface area (Å²) in [5.74, 6) is 0. The molecule has 0 radical (unpaired) electrons. The molecule has 3 heteroatoms. The number of anilines is 1. The molecule has 0 bridgehead atoms. The summed E-state index contributed by atoms with van der Waals surface area (Å²) in [7, 11) is 0. The maximum absolute atomic E-state index is 6.03. The average molecular weight is 291 g/mol. The van der Waals surface area contributed by atoms with Crippen molar-refractivity contribution in [3.8, 4) is 0 Å². The van der Waals surface area contributed by atoms with Crippen LogP contribution in [-0.2, 0) is 0 Å². The maximum atomic E-state index is 6.03.